The van der Waals surface area contributed by atoms with E-state index in [0.717, 1.165) is 32.2 Å². The fourth-order valence-electron chi connectivity index (χ4n) is 3.42. The minimum atomic E-state index is -0.786. The molecule has 26 heavy (non-hydrogen) atoms. The van der Waals surface area contributed by atoms with Crippen LogP contribution in [0.25, 0.3) is 0 Å². The van der Waals surface area contributed by atoms with Gasteiger partial charge in [-0.05, 0) is 57.5 Å². The van der Waals surface area contributed by atoms with Crippen LogP contribution in [-0.4, -0.2) is 48.8 Å². The quantitative estimate of drug-likeness (QED) is 0.299. The lowest BCUT2D eigenvalue weighted by Crippen LogP contribution is -2.52. The molecule has 3 atom stereocenters. The third-order valence-corrected chi connectivity index (χ3v) is 5.22. The Hall–Kier alpha value is -1.47. The first-order valence-electron chi connectivity index (χ1n) is 10.1. The van der Waals surface area contributed by atoms with Gasteiger partial charge in [0.25, 0.3) is 5.91 Å². The molecule has 0 aromatic carbocycles. The number of Topliss-reactive ketones (excluding diaryl/α,β-unsaturated/α-hetero) is 1. The molecule has 7 nitrogen and oxygen atoms in total. The van der Waals surface area contributed by atoms with Crippen LogP contribution in [0.3, 0.4) is 0 Å². The van der Waals surface area contributed by atoms with E-state index in [9.17, 15) is 14.4 Å². The van der Waals surface area contributed by atoms with Crippen LogP contribution in [0.2, 0.25) is 0 Å². The van der Waals surface area contributed by atoms with E-state index in [-0.39, 0.29) is 18.0 Å². The first-order valence-corrected chi connectivity index (χ1v) is 10.1. The van der Waals surface area contributed by atoms with E-state index in [0.29, 0.717) is 25.3 Å². The Labute approximate surface area is 156 Å². The second-order valence-corrected chi connectivity index (χ2v) is 7.66. The van der Waals surface area contributed by atoms with E-state index in [4.69, 9.17) is 5.73 Å². The second kappa shape index (κ2) is 10.6. The summed E-state index contributed by atoms with van der Waals surface area (Å²) in [5.74, 6) is -0.825. The van der Waals surface area contributed by atoms with Crippen molar-refractivity contribution in [2.45, 2.75) is 82.8 Å². The van der Waals surface area contributed by atoms with Gasteiger partial charge in [0, 0.05) is 6.04 Å². The highest BCUT2D eigenvalue weighted by atomic mass is 16.2. The van der Waals surface area contributed by atoms with Crippen LogP contribution < -0.4 is 21.7 Å². The maximum atomic E-state index is 12.6. The minimum absolute atomic E-state index is 0.123. The lowest BCUT2D eigenvalue weighted by molar-refractivity contribution is -0.140. The van der Waals surface area contributed by atoms with E-state index >= 15 is 0 Å². The average molecular weight is 367 g/mol. The number of hydrogen-bond acceptors (Lipinski definition) is 5. The average Bonchev–Trinajstić information content (AvgIpc) is 3.31. The standard InChI is InChI=1S/C19H34N4O3/c1-2-3-4-6-13-11-16(21-12-13)18(25)23-15(7-5-10-20)17(24)19(26)22-14-8-9-14/h13-16,21H,2-12,20H2,1H3,(H,22,26)(H,23,25)/t13-,15+,16+/m1/s1. The fraction of sp³-hybridized carbons (Fsp3) is 0.842. The third kappa shape index (κ3) is 6.68. The fourth-order valence-corrected chi connectivity index (χ4v) is 3.42. The van der Waals surface area contributed by atoms with E-state index in [1.807, 2.05) is 0 Å². The molecule has 2 fully saturated rings. The number of carbonyl (C=O) groups is 3. The Morgan fingerprint density at radius 2 is 1.96 bits per heavy atom. The molecule has 1 aliphatic carbocycles. The lowest BCUT2D eigenvalue weighted by atomic mass is 9.97. The zero-order valence-electron chi connectivity index (χ0n) is 15.9. The van der Waals surface area contributed by atoms with Crippen molar-refractivity contribution in [3.05, 3.63) is 0 Å². The van der Waals surface area contributed by atoms with Crippen molar-refractivity contribution in [3.63, 3.8) is 0 Å². The Morgan fingerprint density at radius 1 is 1.19 bits per heavy atom. The van der Waals surface area contributed by atoms with Gasteiger partial charge in [-0.3, -0.25) is 14.4 Å². The summed E-state index contributed by atoms with van der Waals surface area (Å²) in [6.07, 6.45) is 8.35. The first kappa shape index (κ1) is 20.8. The summed E-state index contributed by atoms with van der Waals surface area (Å²) in [5, 5.41) is 8.75. The number of unbranched alkanes of at least 4 members (excludes halogenated alkanes) is 2. The molecule has 148 valence electrons. The van der Waals surface area contributed by atoms with E-state index in [2.05, 4.69) is 22.9 Å². The van der Waals surface area contributed by atoms with Crippen molar-refractivity contribution in [2.24, 2.45) is 11.7 Å². The van der Waals surface area contributed by atoms with Gasteiger partial charge in [0.1, 0.15) is 0 Å². The van der Waals surface area contributed by atoms with Crippen LogP contribution in [0.4, 0.5) is 0 Å². The number of nitrogens with two attached hydrogens (primary N) is 1. The Bertz CT molecular complexity index is 493. The molecule has 1 saturated heterocycles. The molecule has 1 aliphatic heterocycles. The SMILES string of the molecule is CCCCC[C@H]1CN[C@H](C(=O)N[C@@H](CCCN)C(=O)C(=O)NC2CC2)C1. The molecule has 7 heteroatoms. The van der Waals surface area contributed by atoms with Gasteiger partial charge in [-0.2, -0.15) is 0 Å². The van der Waals surface area contributed by atoms with Gasteiger partial charge < -0.3 is 21.7 Å². The largest absolute Gasteiger partial charge is 0.347 e. The third-order valence-electron chi connectivity index (χ3n) is 5.22. The Balaban J connectivity index is 1.83. The summed E-state index contributed by atoms with van der Waals surface area (Å²) >= 11 is 0. The van der Waals surface area contributed by atoms with E-state index in [1.165, 1.54) is 19.3 Å². The van der Waals surface area contributed by atoms with Crippen molar-refractivity contribution >= 4 is 17.6 Å². The number of nitrogens with one attached hydrogen (secondary N) is 3. The molecule has 0 radical (unpaired) electrons. The van der Waals surface area contributed by atoms with E-state index < -0.39 is 17.7 Å². The zero-order chi connectivity index (χ0) is 18.9. The maximum Gasteiger partial charge on any atom is 0.289 e. The molecular formula is C19H34N4O3. The highest BCUT2D eigenvalue weighted by Crippen LogP contribution is 2.21. The number of carbonyl (C=O) groups excluding carboxylic acids is 3. The Kier molecular flexibility index (Phi) is 8.51. The van der Waals surface area contributed by atoms with Gasteiger partial charge in [-0.1, -0.05) is 26.2 Å². The molecular weight excluding hydrogens is 332 g/mol. The smallest absolute Gasteiger partial charge is 0.289 e. The van der Waals surface area contributed by atoms with Gasteiger partial charge in [-0.15, -0.1) is 0 Å². The first-order chi connectivity index (χ1) is 12.5. The monoisotopic (exact) mass is 366 g/mol. The molecule has 0 bridgehead atoms. The zero-order valence-corrected chi connectivity index (χ0v) is 15.9. The highest BCUT2D eigenvalue weighted by Gasteiger charge is 2.34. The van der Waals surface area contributed by atoms with Crippen molar-refractivity contribution < 1.29 is 14.4 Å². The molecule has 2 amide bonds. The van der Waals surface area contributed by atoms with Crippen molar-refractivity contribution in [1.82, 2.24) is 16.0 Å². The summed E-state index contributed by atoms with van der Waals surface area (Å²) in [7, 11) is 0. The molecule has 0 spiro atoms. The molecule has 2 rings (SSSR count). The van der Waals surface area contributed by atoms with Crippen LogP contribution in [-0.2, 0) is 14.4 Å². The minimum Gasteiger partial charge on any atom is -0.347 e. The maximum absolute atomic E-state index is 12.6. The normalized spacial score (nSPS) is 23.5. The van der Waals surface area contributed by atoms with Crippen molar-refractivity contribution in [2.75, 3.05) is 13.1 Å². The summed E-state index contributed by atoms with van der Waals surface area (Å²) < 4.78 is 0. The lowest BCUT2D eigenvalue weighted by Gasteiger charge is -2.19. The molecule has 2 aliphatic rings. The van der Waals surface area contributed by atoms with Gasteiger partial charge in [-0.25, -0.2) is 0 Å². The predicted octanol–water partition coefficient (Wildman–Crippen LogP) is 0.616. The molecule has 0 unspecified atom stereocenters. The van der Waals surface area contributed by atoms with Crippen LogP contribution in [0, 0.1) is 5.92 Å². The summed E-state index contributed by atoms with van der Waals surface area (Å²) in [6.45, 7) is 3.44. The highest BCUT2D eigenvalue weighted by molar-refractivity contribution is 6.38. The summed E-state index contributed by atoms with van der Waals surface area (Å²) in [5.41, 5.74) is 5.54. The van der Waals surface area contributed by atoms with Crippen molar-refractivity contribution in [1.29, 1.82) is 0 Å². The Morgan fingerprint density at radius 3 is 2.62 bits per heavy atom. The second-order valence-electron chi connectivity index (χ2n) is 7.66. The molecule has 0 aromatic heterocycles. The number of amides is 2. The van der Waals surface area contributed by atoms with Gasteiger partial charge in [0.05, 0.1) is 12.1 Å². The van der Waals surface area contributed by atoms with Crippen LogP contribution in [0.1, 0.15) is 64.7 Å². The summed E-state index contributed by atoms with van der Waals surface area (Å²) in [4.78, 5) is 37.0. The molecule has 1 heterocycles. The van der Waals surface area contributed by atoms with Crippen LogP contribution in [0.5, 0.6) is 0 Å². The number of hydrogen-bond donors (Lipinski definition) is 4. The molecule has 5 N–H and O–H groups in total. The van der Waals surface area contributed by atoms with E-state index in [1.54, 1.807) is 0 Å². The van der Waals surface area contributed by atoms with Crippen LogP contribution >= 0.6 is 0 Å². The van der Waals surface area contributed by atoms with Gasteiger partial charge in [0.15, 0.2) is 0 Å². The van der Waals surface area contributed by atoms with Crippen molar-refractivity contribution in [3.8, 4) is 0 Å². The summed E-state index contributed by atoms with van der Waals surface area (Å²) in [6, 6.07) is -0.940. The number of ketones is 1. The predicted molar refractivity (Wildman–Crippen MR) is 100 cm³/mol. The van der Waals surface area contributed by atoms with Gasteiger partial charge in [0.2, 0.25) is 11.7 Å². The van der Waals surface area contributed by atoms with Gasteiger partial charge >= 0.3 is 0 Å². The number of rotatable bonds is 12. The molecule has 1 saturated carbocycles. The topological polar surface area (TPSA) is 113 Å². The van der Waals surface area contributed by atoms with Crippen LogP contribution in [0.15, 0.2) is 0 Å². The molecule has 0 aromatic rings.